The first kappa shape index (κ1) is 106. The van der Waals surface area contributed by atoms with E-state index in [1.54, 1.807) is 0 Å². The van der Waals surface area contributed by atoms with Crippen LogP contribution >= 0.6 is 15.6 Å². The van der Waals surface area contributed by atoms with E-state index < -0.39 is 91.5 Å². The number of carbonyl (C=O) groups is 3. The highest BCUT2D eigenvalue weighted by molar-refractivity contribution is 7.47. The predicted molar refractivity (Wildman–Crippen MR) is 463 cm³/mol. The van der Waals surface area contributed by atoms with Crippen molar-refractivity contribution in [3.63, 3.8) is 0 Å². The molecule has 5 unspecified atom stereocenters. The number of phosphoric acid groups is 2. The molecule has 4 N–H and O–H groups in total. The Balaban J connectivity index is 4.66. The molecular formula is C93H156O16P2. The number of phosphoric ester groups is 2. The van der Waals surface area contributed by atoms with Gasteiger partial charge in [-0.15, -0.1) is 0 Å². The van der Waals surface area contributed by atoms with Crippen LogP contribution in [-0.2, 0) is 55.8 Å². The van der Waals surface area contributed by atoms with Crippen molar-refractivity contribution in [1.82, 2.24) is 0 Å². The first-order chi connectivity index (χ1) is 54.2. The lowest BCUT2D eigenvalue weighted by molar-refractivity contribution is -0.161. The van der Waals surface area contributed by atoms with Crippen molar-refractivity contribution in [2.75, 3.05) is 39.6 Å². The number of hydrogen-bond donors (Lipinski definition) is 4. The van der Waals surface area contributed by atoms with Crippen LogP contribution in [0, 0.1) is 0 Å². The van der Waals surface area contributed by atoms with E-state index in [0.29, 0.717) is 19.3 Å². The Bertz CT molecular complexity index is 2700. The molecule has 0 rings (SSSR count). The fraction of sp³-hybridized carbons (Fsp3) is 0.667. The molecule has 0 amide bonds. The molecule has 0 aromatic carbocycles. The molecule has 0 fully saturated rings. The largest absolute Gasteiger partial charge is 0.472 e. The Hall–Kier alpha value is -5.09. The Morgan fingerprint density at radius 2 is 0.477 bits per heavy atom. The van der Waals surface area contributed by atoms with Gasteiger partial charge in [-0.1, -0.05) is 339 Å². The molecule has 634 valence electrons. The Morgan fingerprint density at radius 3 is 0.757 bits per heavy atom. The van der Waals surface area contributed by atoms with E-state index >= 15 is 0 Å². The van der Waals surface area contributed by atoms with Crippen molar-refractivity contribution in [2.45, 2.75) is 360 Å². The third kappa shape index (κ3) is 85.6. The molecule has 0 saturated heterocycles. The summed E-state index contributed by atoms with van der Waals surface area (Å²) in [6.07, 6.45) is 108. The van der Waals surface area contributed by atoms with Gasteiger partial charge in [0, 0.05) is 19.3 Å². The highest BCUT2D eigenvalue weighted by Crippen LogP contribution is 2.45. The second-order valence-corrected chi connectivity index (χ2v) is 31.5. The van der Waals surface area contributed by atoms with Gasteiger partial charge in [-0.3, -0.25) is 32.5 Å². The molecule has 0 aliphatic rings. The van der Waals surface area contributed by atoms with Crippen molar-refractivity contribution >= 4 is 33.6 Å². The van der Waals surface area contributed by atoms with Gasteiger partial charge < -0.3 is 34.2 Å². The van der Waals surface area contributed by atoms with Crippen LogP contribution in [0.2, 0.25) is 0 Å². The monoisotopic (exact) mass is 1590 g/mol. The van der Waals surface area contributed by atoms with Crippen LogP contribution in [0.25, 0.3) is 0 Å². The normalized spacial score (nSPS) is 14.7. The number of allylic oxidation sites excluding steroid dienone is 28. The quantitative estimate of drug-likeness (QED) is 0.0146. The molecule has 16 nitrogen and oxygen atoms in total. The Morgan fingerprint density at radius 1 is 0.261 bits per heavy atom. The molecule has 0 heterocycles. The van der Waals surface area contributed by atoms with Gasteiger partial charge in [0.25, 0.3) is 0 Å². The minimum Gasteiger partial charge on any atom is -0.463 e. The highest BCUT2D eigenvalue weighted by Gasteiger charge is 2.29. The minimum atomic E-state index is -4.95. The predicted octanol–water partition coefficient (Wildman–Crippen LogP) is 26.3. The summed E-state index contributed by atoms with van der Waals surface area (Å²) in [4.78, 5) is 58.9. The van der Waals surface area contributed by atoms with E-state index in [2.05, 4.69) is 191 Å². The summed E-state index contributed by atoms with van der Waals surface area (Å²) in [6, 6.07) is 0. The van der Waals surface area contributed by atoms with E-state index in [1.807, 2.05) is 0 Å². The van der Waals surface area contributed by atoms with Gasteiger partial charge in [0.2, 0.25) is 0 Å². The molecular weight excluding hydrogens is 1430 g/mol. The summed E-state index contributed by atoms with van der Waals surface area (Å²) in [6.45, 7) is 2.42. The fourth-order valence-corrected chi connectivity index (χ4v) is 13.0. The maximum atomic E-state index is 13.1. The van der Waals surface area contributed by atoms with E-state index in [-0.39, 0.29) is 19.3 Å². The zero-order chi connectivity index (χ0) is 80.8. The van der Waals surface area contributed by atoms with Crippen LogP contribution < -0.4 is 0 Å². The number of aliphatic hydroxyl groups is 2. The second-order valence-electron chi connectivity index (χ2n) is 28.6. The minimum absolute atomic E-state index is 0.0828. The molecule has 18 heteroatoms. The number of carbonyl (C=O) groups excluding carboxylic acids is 3. The number of esters is 3. The molecule has 0 aliphatic carbocycles. The van der Waals surface area contributed by atoms with Crippen molar-refractivity contribution in [1.29, 1.82) is 0 Å². The smallest absolute Gasteiger partial charge is 0.463 e. The van der Waals surface area contributed by atoms with E-state index in [1.165, 1.54) is 83.5 Å². The summed E-state index contributed by atoms with van der Waals surface area (Å²) in [5.41, 5.74) is 0. The molecule has 0 spiro atoms. The van der Waals surface area contributed by atoms with Crippen LogP contribution in [0.5, 0.6) is 0 Å². The van der Waals surface area contributed by atoms with Crippen molar-refractivity contribution in [2.24, 2.45) is 0 Å². The SMILES string of the molecule is CC/C=C\C/C=C\C/C=C\C/C=C\C/C=C\CCCCCCCCCC(=O)OCC(COP(=O)(O)OCC(O)COP(=O)(O)OCC(O)COC(=O)CCCCCCCCCCCCCCC/C=C\C/C=C\C/C=C\C/C=C\CCCCC)OC(=O)CCCCCCCCC/C=C\C/C=C\C/C=C\C/C=C\C/C=C\CC. The van der Waals surface area contributed by atoms with Crippen molar-refractivity contribution in [3.8, 4) is 0 Å². The van der Waals surface area contributed by atoms with Gasteiger partial charge in [0.05, 0.1) is 26.4 Å². The molecule has 0 radical (unpaired) electrons. The number of hydrogen-bond acceptors (Lipinski definition) is 14. The first-order valence-corrected chi connectivity index (χ1v) is 46.4. The summed E-state index contributed by atoms with van der Waals surface area (Å²) in [7, 11) is -9.82. The van der Waals surface area contributed by atoms with E-state index in [0.717, 1.165) is 199 Å². The molecule has 5 atom stereocenters. The zero-order valence-electron chi connectivity index (χ0n) is 69.6. The molecule has 111 heavy (non-hydrogen) atoms. The molecule has 0 saturated carbocycles. The third-order valence-electron chi connectivity index (χ3n) is 17.9. The van der Waals surface area contributed by atoms with Crippen LogP contribution in [0.4, 0.5) is 0 Å². The Labute approximate surface area is 675 Å². The molecule has 0 aromatic heterocycles. The Kier molecular flexibility index (Phi) is 80.4. The summed E-state index contributed by atoms with van der Waals surface area (Å²) >= 11 is 0. The van der Waals surface area contributed by atoms with Crippen LogP contribution in [0.3, 0.4) is 0 Å². The molecule has 0 aromatic rings. The van der Waals surface area contributed by atoms with Crippen LogP contribution in [-0.4, -0.2) is 95.9 Å². The highest BCUT2D eigenvalue weighted by atomic mass is 31.2. The zero-order valence-corrected chi connectivity index (χ0v) is 71.4. The van der Waals surface area contributed by atoms with Crippen LogP contribution in [0.1, 0.15) is 342 Å². The lowest BCUT2D eigenvalue weighted by atomic mass is 10.0. The van der Waals surface area contributed by atoms with Gasteiger partial charge in [0.1, 0.15) is 25.4 Å². The number of aliphatic hydroxyl groups excluding tert-OH is 2. The summed E-state index contributed by atoms with van der Waals surface area (Å²) in [5.74, 6) is -1.60. The maximum Gasteiger partial charge on any atom is 0.472 e. The average Bonchev–Trinajstić information content (AvgIpc) is 0.899. The van der Waals surface area contributed by atoms with Gasteiger partial charge in [0.15, 0.2) is 6.10 Å². The summed E-state index contributed by atoms with van der Waals surface area (Å²) in [5, 5.41) is 20.7. The van der Waals surface area contributed by atoms with E-state index in [9.17, 15) is 43.5 Å². The molecule has 0 bridgehead atoms. The van der Waals surface area contributed by atoms with Gasteiger partial charge in [-0.05, 0) is 154 Å². The van der Waals surface area contributed by atoms with Crippen molar-refractivity contribution in [3.05, 3.63) is 170 Å². The maximum absolute atomic E-state index is 13.1. The summed E-state index contributed by atoms with van der Waals surface area (Å²) < 4.78 is 61.4. The van der Waals surface area contributed by atoms with Gasteiger partial charge >= 0.3 is 33.6 Å². The average molecular weight is 1590 g/mol. The van der Waals surface area contributed by atoms with Crippen molar-refractivity contribution < 1.29 is 75.8 Å². The second kappa shape index (κ2) is 84.3. The molecule has 0 aliphatic heterocycles. The number of unbranched alkanes of at least 4 members (excludes halogenated alkanes) is 30. The lowest BCUT2D eigenvalue weighted by Gasteiger charge is -2.21. The number of rotatable bonds is 81. The number of ether oxygens (including phenoxy) is 3. The van der Waals surface area contributed by atoms with E-state index in [4.69, 9.17) is 32.3 Å². The van der Waals surface area contributed by atoms with Crippen LogP contribution in [0.15, 0.2) is 170 Å². The van der Waals surface area contributed by atoms with Gasteiger partial charge in [-0.25, -0.2) is 9.13 Å². The standard InChI is InChI=1S/C93H156O16P2/c1-4-7-10-13-16-19-22-25-28-31-34-37-40-41-42-43-44-45-48-50-52-55-58-61-64-67-70-73-76-79-91(96)103-82-88(94)83-105-110(99,100)106-84-89(95)85-107-111(101,102)108-87-90(109-93(98)81-78-75-72-69-66-63-60-57-54-51-47-39-36-33-30-27-24-21-18-15-12-9-6-3)86-104-92(97)80-77-74-71-68-65-62-59-56-53-49-46-38-35-32-29-26-23-20-17-14-11-8-5-2/h8-9,11-12,16-21,25-30,34-39,41-42,49,51,53-54,88-90,94-95H,4-7,10,13-15,22-24,31-33,40,43-48,50,52,55-87H2,1-3H3,(H,99,100)(H,101,102)/b11-8-,12-9-,19-16-,20-17-,21-18-,28-25-,29-26-,30-27-,37-34-,38-35-,39-36-,42-41-,53-49-,54-51-. The third-order valence-corrected chi connectivity index (χ3v) is 19.8. The topological polar surface area (TPSA) is 231 Å². The lowest BCUT2D eigenvalue weighted by Crippen LogP contribution is -2.30. The fourth-order valence-electron chi connectivity index (χ4n) is 11.4. The van der Waals surface area contributed by atoms with Gasteiger partial charge in [-0.2, -0.15) is 0 Å². The first-order valence-electron chi connectivity index (χ1n) is 43.4.